The van der Waals surface area contributed by atoms with E-state index in [0.29, 0.717) is 37.5 Å². The van der Waals surface area contributed by atoms with Gasteiger partial charge in [0.1, 0.15) is 0 Å². The minimum absolute atomic E-state index is 0.0665. The summed E-state index contributed by atoms with van der Waals surface area (Å²) in [5, 5.41) is 3.10. The van der Waals surface area contributed by atoms with Crippen LogP contribution in [0.25, 0.3) is 5.57 Å². The van der Waals surface area contributed by atoms with Crippen LogP contribution in [0.5, 0.6) is 0 Å². The molecule has 0 bridgehead atoms. The van der Waals surface area contributed by atoms with Gasteiger partial charge in [-0.2, -0.15) is 4.99 Å². The first-order chi connectivity index (χ1) is 19.0. The second-order valence-corrected chi connectivity index (χ2v) is 10.1. The lowest BCUT2D eigenvalue weighted by molar-refractivity contribution is 0.0455. The van der Waals surface area contributed by atoms with E-state index in [2.05, 4.69) is 20.2 Å². The van der Waals surface area contributed by atoms with Crippen LogP contribution in [0.1, 0.15) is 48.5 Å². The molecule has 3 N–H and O–H groups in total. The maximum atomic E-state index is 13.0. The molecule has 2 fully saturated rings. The highest BCUT2D eigenvalue weighted by Gasteiger charge is 2.29. The van der Waals surface area contributed by atoms with Crippen molar-refractivity contribution in [1.82, 2.24) is 19.7 Å². The average molecular weight is 532 g/mol. The van der Waals surface area contributed by atoms with Crippen LogP contribution in [0.4, 0.5) is 16.3 Å². The number of aliphatic imine (C=N–C) groups is 1. The van der Waals surface area contributed by atoms with Gasteiger partial charge in [-0.1, -0.05) is 12.5 Å². The van der Waals surface area contributed by atoms with Crippen LogP contribution in [0, 0.1) is 0 Å². The Morgan fingerprint density at radius 2 is 1.85 bits per heavy atom. The molecule has 2 aromatic rings. The minimum atomic E-state index is -0.301. The molecule has 1 aliphatic carbocycles. The number of rotatable bonds is 6. The number of hydrogen-bond acceptors (Lipinski definition) is 6. The third-order valence-corrected chi connectivity index (χ3v) is 7.69. The highest BCUT2D eigenvalue weighted by Crippen LogP contribution is 2.29. The first kappa shape index (κ1) is 26.7. The molecule has 2 aliphatic heterocycles. The summed E-state index contributed by atoms with van der Waals surface area (Å²) in [6.07, 6.45) is 7.97. The Morgan fingerprint density at radius 3 is 2.49 bits per heavy atom. The minimum Gasteiger partial charge on any atom is -0.450 e. The van der Waals surface area contributed by atoms with Crippen molar-refractivity contribution in [3.8, 4) is 0 Å². The van der Waals surface area contributed by atoms with Crippen LogP contribution in [-0.2, 0) is 4.74 Å². The molecule has 0 radical (unpaired) electrons. The monoisotopic (exact) mass is 531 g/mol. The zero-order valence-electron chi connectivity index (χ0n) is 22.5. The van der Waals surface area contributed by atoms with Gasteiger partial charge in [0.25, 0.3) is 5.91 Å². The molecule has 5 rings (SSSR count). The van der Waals surface area contributed by atoms with Crippen LogP contribution < -0.4 is 11.1 Å². The number of carbonyl (C=O) groups is 2. The number of guanidine groups is 1. The molecular formula is C29H37N7O3. The molecule has 0 spiro atoms. The summed E-state index contributed by atoms with van der Waals surface area (Å²) in [6, 6.07) is 11.9. The van der Waals surface area contributed by atoms with Crippen molar-refractivity contribution in [2.75, 3.05) is 51.2 Å². The van der Waals surface area contributed by atoms with E-state index in [1.165, 1.54) is 19.3 Å². The number of aromatic nitrogens is 1. The number of benzene rings is 1. The van der Waals surface area contributed by atoms with Gasteiger partial charge in [-0.15, -0.1) is 0 Å². The van der Waals surface area contributed by atoms with E-state index < -0.39 is 0 Å². The van der Waals surface area contributed by atoms with E-state index in [9.17, 15) is 9.59 Å². The molecule has 0 unspecified atom stereocenters. The molecule has 0 atom stereocenters. The summed E-state index contributed by atoms with van der Waals surface area (Å²) in [5.74, 6) is 0.772. The lowest BCUT2D eigenvalue weighted by Gasteiger charge is -2.42. The third-order valence-electron chi connectivity index (χ3n) is 7.69. The van der Waals surface area contributed by atoms with E-state index in [-0.39, 0.29) is 18.0 Å². The Balaban J connectivity index is 1.19. The van der Waals surface area contributed by atoms with Crippen molar-refractivity contribution in [2.45, 2.75) is 38.6 Å². The van der Waals surface area contributed by atoms with Gasteiger partial charge in [0.05, 0.1) is 6.61 Å². The lowest BCUT2D eigenvalue weighted by Crippen LogP contribution is -2.53. The van der Waals surface area contributed by atoms with Crippen LogP contribution in [-0.4, -0.2) is 89.6 Å². The summed E-state index contributed by atoms with van der Waals surface area (Å²) in [6.45, 7) is 6.67. The van der Waals surface area contributed by atoms with E-state index in [0.717, 1.165) is 49.0 Å². The number of hydrogen-bond donors (Lipinski definition) is 2. The zero-order valence-corrected chi connectivity index (χ0v) is 22.5. The summed E-state index contributed by atoms with van der Waals surface area (Å²) < 4.78 is 5.10. The molecule has 1 saturated heterocycles. The van der Waals surface area contributed by atoms with Gasteiger partial charge in [0, 0.05) is 68.3 Å². The van der Waals surface area contributed by atoms with Crippen molar-refractivity contribution >= 4 is 35.0 Å². The Morgan fingerprint density at radius 1 is 1.08 bits per heavy atom. The van der Waals surface area contributed by atoms with Gasteiger partial charge in [-0.3, -0.25) is 9.69 Å². The second-order valence-electron chi connectivity index (χ2n) is 10.1. The highest BCUT2D eigenvalue weighted by atomic mass is 16.6. The van der Waals surface area contributed by atoms with E-state index >= 15 is 0 Å². The van der Waals surface area contributed by atoms with Crippen molar-refractivity contribution in [3.63, 3.8) is 0 Å². The number of piperazine rings is 1. The number of nitrogens with one attached hydrogen (secondary N) is 1. The van der Waals surface area contributed by atoms with E-state index in [1.54, 1.807) is 18.0 Å². The second kappa shape index (κ2) is 12.3. The van der Waals surface area contributed by atoms with Crippen LogP contribution in [0.2, 0.25) is 0 Å². The maximum Gasteiger partial charge on any atom is 0.410 e. The van der Waals surface area contributed by atoms with Gasteiger partial charge < -0.3 is 25.6 Å². The molecule has 39 heavy (non-hydrogen) atoms. The molecule has 206 valence electrons. The van der Waals surface area contributed by atoms with Gasteiger partial charge >= 0.3 is 6.09 Å². The number of ether oxygens (including phenoxy) is 1. The molecule has 1 saturated carbocycles. The number of amides is 2. The van der Waals surface area contributed by atoms with Crippen LogP contribution in [0.15, 0.2) is 53.7 Å². The lowest BCUT2D eigenvalue weighted by atomic mass is 9.91. The molecule has 1 aromatic carbocycles. The first-order valence-corrected chi connectivity index (χ1v) is 13.8. The van der Waals surface area contributed by atoms with E-state index in [1.807, 2.05) is 47.4 Å². The Labute approximate surface area is 229 Å². The van der Waals surface area contributed by atoms with E-state index in [4.69, 9.17) is 10.5 Å². The predicted molar refractivity (Wildman–Crippen MR) is 152 cm³/mol. The number of nitrogens with two attached hydrogens (primary N) is 1. The Hall–Kier alpha value is -3.92. The standard InChI is InChI=1S/C29H37N7O3/c1-2-39-29(38)36-15-12-21(13-16-36)25-7-4-14-31-26(25)33-28(30)32-23-10-8-22(9-11-23)27(37)35-19-17-34(18-20-35)24-5-3-6-24/h4,7-12,14,24H,2-3,5-6,13,15-20H2,1H3,(H3,30,31,32,33). The van der Waals surface area contributed by atoms with Crippen molar-refractivity contribution in [2.24, 2.45) is 10.7 Å². The average Bonchev–Trinajstić information content (AvgIpc) is 2.93. The van der Waals surface area contributed by atoms with Crippen LogP contribution in [0.3, 0.4) is 0 Å². The van der Waals surface area contributed by atoms with Crippen molar-refractivity contribution < 1.29 is 14.3 Å². The number of pyridine rings is 1. The molecule has 2 amide bonds. The topological polar surface area (TPSA) is 116 Å². The SMILES string of the molecule is CCOC(=O)N1CC=C(c2cccnc2N=C(N)Nc2ccc(C(=O)N3CCN(C4CCC4)CC3)cc2)CC1. The summed E-state index contributed by atoms with van der Waals surface area (Å²) in [4.78, 5) is 40.1. The smallest absolute Gasteiger partial charge is 0.410 e. The summed E-state index contributed by atoms with van der Waals surface area (Å²) >= 11 is 0. The number of nitrogens with zero attached hydrogens (tertiary/aromatic N) is 5. The Bertz CT molecular complexity index is 1230. The van der Waals surface area contributed by atoms with Crippen molar-refractivity contribution in [1.29, 1.82) is 0 Å². The van der Waals surface area contributed by atoms with Crippen molar-refractivity contribution in [3.05, 3.63) is 59.8 Å². The fourth-order valence-electron chi connectivity index (χ4n) is 5.24. The van der Waals surface area contributed by atoms with Gasteiger partial charge in [0.2, 0.25) is 0 Å². The molecular weight excluding hydrogens is 494 g/mol. The van der Waals surface area contributed by atoms with Gasteiger partial charge in [-0.05, 0) is 68.2 Å². The first-order valence-electron chi connectivity index (χ1n) is 13.8. The number of anilines is 1. The molecule has 10 nitrogen and oxygen atoms in total. The Kier molecular flexibility index (Phi) is 8.41. The molecule has 3 aliphatic rings. The fourth-order valence-corrected chi connectivity index (χ4v) is 5.24. The predicted octanol–water partition coefficient (Wildman–Crippen LogP) is 3.70. The normalized spacial score (nSPS) is 18.8. The zero-order chi connectivity index (χ0) is 27.2. The van der Waals surface area contributed by atoms with Crippen LogP contribution >= 0.6 is 0 Å². The summed E-state index contributed by atoms with van der Waals surface area (Å²) in [5.41, 5.74) is 9.58. The number of carbonyl (C=O) groups excluding carboxylic acids is 2. The highest BCUT2D eigenvalue weighted by molar-refractivity contribution is 5.97. The quantitative estimate of drug-likeness (QED) is 0.431. The molecule has 3 heterocycles. The maximum absolute atomic E-state index is 13.0. The summed E-state index contributed by atoms with van der Waals surface area (Å²) in [7, 11) is 0. The molecule has 10 heteroatoms. The molecule has 1 aromatic heterocycles. The van der Waals surface area contributed by atoms with Gasteiger partial charge in [-0.25, -0.2) is 9.78 Å². The third kappa shape index (κ3) is 6.39. The van der Waals surface area contributed by atoms with Gasteiger partial charge in [0.15, 0.2) is 11.8 Å². The largest absolute Gasteiger partial charge is 0.450 e. The fraction of sp³-hybridized carbons (Fsp3) is 0.448.